The summed E-state index contributed by atoms with van der Waals surface area (Å²) in [5.74, 6) is -0.971. The summed E-state index contributed by atoms with van der Waals surface area (Å²) < 4.78 is 10.8. The lowest BCUT2D eigenvalue weighted by molar-refractivity contribution is -0.00907. The van der Waals surface area contributed by atoms with Gasteiger partial charge in [-0.3, -0.25) is 0 Å². The standard InChI is InChI=1S/C12H12O3/c1-11(12(15-11)7-8-12)14-10(13)9-5-3-2-4-6-9/h2-6H,7-8H2,1H3. The molecule has 0 amide bonds. The third kappa shape index (κ3) is 1.27. The third-order valence-electron chi connectivity index (χ3n) is 3.18. The van der Waals surface area contributed by atoms with E-state index in [4.69, 9.17) is 9.47 Å². The molecule has 2 aliphatic rings. The first-order valence-corrected chi connectivity index (χ1v) is 5.14. The Morgan fingerprint density at radius 1 is 1.33 bits per heavy atom. The van der Waals surface area contributed by atoms with Gasteiger partial charge in [-0.2, -0.15) is 0 Å². The lowest BCUT2D eigenvalue weighted by Gasteiger charge is -2.08. The molecule has 2 fully saturated rings. The van der Waals surface area contributed by atoms with E-state index in [1.807, 2.05) is 25.1 Å². The van der Waals surface area contributed by atoms with E-state index >= 15 is 0 Å². The zero-order valence-electron chi connectivity index (χ0n) is 8.53. The van der Waals surface area contributed by atoms with Crippen molar-refractivity contribution >= 4 is 5.97 Å². The Bertz CT molecular complexity index is 408. The van der Waals surface area contributed by atoms with Gasteiger partial charge in [0, 0.05) is 6.92 Å². The van der Waals surface area contributed by atoms with Gasteiger partial charge in [0.15, 0.2) is 0 Å². The Balaban J connectivity index is 1.72. The van der Waals surface area contributed by atoms with Crippen molar-refractivity contribution in [1.29, 1.82) is 0 Å². The molecule has 0 aromatic heterocycles. The summed E-state index contributed by atoms with van der Waals surface area (Å²) in [6, 6.07) is 8.99. The quantitative estimate of drug-likeness (QED) is 0.547. The lowest BCUT2D eigenvalue weighted by Crippen LogP contribution is -2.21. The molecule has 1 atom stereocenters. The first-order valence-electron chi connectivity index (χ1n) is 5.14. The van der Waals surface area contributed by atoms with Crippen molar-refractivity contribution in [3.63, 3.8) is 0 Å². The van der Waals surface area contributed by atoms with Crippen LogP contribution in [-0.2, 0) is 9.47 Å². The molecule has 1 aromatic carbocycles. The molecule has 1 saturated heterocycles. The minimum Gasteiger partial charge on any atom is -0.427 e. The van der Waals surface area contributed by atoms with Gasteiger partial charge >= 0.3 is 5.97 Å². The molecule has 15 heavy (non-hydrogen) atoms. The number of carbonyl (C=O) groups excluding carboxylic acids is 1. The Kier molecular flexibility index (Phi) is 1.55. The molecule has 1 saturated carbocycles. The highest BCUT2D eigenvalue weighted by atomic mass is 16.8. The molecule has 0 N–H and O–H groups in total. The van der Waals surface area contributed by atoms with Crippen LogP contribution in [0.1, 0.15) is 30.1 Å². The van der Waals surface area contributed by atoms with Crippen LogP contribution in [0.4, 0.5) is 0 Å². The van der Waals surface area contributed by atoms with Crippen molar-refractivity contribution in [3.8, 4) is 0 Å². The van der Waals surface area contributed by atoms with E-state index in [0.717, 1.165) is 12.8 Å². The van der Waals surface area contributed by atoms with Crippen LogP contribution in [0.3, 0.4) is 0 Å². The van der Waals surface area contributed by atoms with Crippen molar-refractivity contribution < 1.29 is 14.3 Å². The second-order valence-electron chi connectivity index (χ2n) is 4.30. The first kappa shape index (κ1) is 8.92. The van der Waals surface area contributed by atoms with Gasteiger partial charge in [-0.1, -0.05) is 18.2 Å². The number of hydrogen-bond acceptors (Lipinski definition) is 3. The van der Waals surface area contributed by atoms with Crippen molar-refractivity contribution in [1.82, 2.24) is 0 Å². The Labute approximate surface area is 88.0 Å². The average Bonchev–Trinajstić information content (AvgIpc) is 3.10. The van der Waals surface area contributed by atoms with Crippen LogP contribution in [-0.4, -0.2) is 17.4 Å². The molecular formula is C12H12O3. The summed E-state index contributed by atoms with van der Waals surface area (Å²) in [5, 5.41) is 0. The van der Waals surface area contributed by atoms with Gasteiger partial charge in [-0.05, 0) is 25.0 Å². The fraction of sp³-hybridized carbons (Fsp3) is 0.417. The van der Waals surface area contributed by atoms with Crippen LogP contribution in [0.15, 0.2) is 30.3 Å². The molecule has 1 unspecified atom stereocenters. The SMILES string of the molecule is CC1(OC(=O)c2ccccc2)OC12CC2. The highest BCUT2D eigenvalue weighted by Crippen LogP contribution is 2.65. The average molecular weight is 204 g/mol. The van der Waals surface area contributed by atoms with Crippen LogP contribution < -0.4 is 0 Å². The smallest absolute Gasteiger partial charge is 0.340 e. The van der Waals surface area contributed by atoms with E-state index in [1.54, 1.807) is 12.1 Å². The molecule has 3 nitrogen and oxygen atoms in total. The summed E-state index contributed by atoms with van der Waals surface area (Å²) in [4.78, 5) is 11.7. The largest absolute Gasteiger partial charge is 0.427 e. The van der Waals surface area contributed by atoms with Crippen LogP contribution in [0.2, 0.25) is 0 Å². The van der Waals surface area contributed by atoms with Crippen LogP contribution >= 0.6 is 0 Å². The zero-order chi connectivity index (χ0) is 10.5. The van der Waals surface area contributed by atoms with E-state index in [0.29, 0.717) is 5.56 Å². The van der Waals surface area contributed by atoms with Gasteiger partial charge in [0.2, 0.25) is 5.79 Å². The number of epoxide rings is 1. The minimum atomic E-state index is -0.667. The Hall–Kier alpha value is -1.35. The maximum absolute atomic E-state index is 11.7. The van der Waals surface area contributed by atoms with Crippen molar-refractivity contribution in [2.75, 3.05) is 0 Å². The predicted octanol–water partition coefficient (Wildman–Crippen LogP) is 2.12. The van der Waals surface area contributed by atoms with Gasteiger partial charge in [0.1, 0.15) is 5.60 Å². The van der Waals surface area contributed by atoms with Crippen LogP contribution in [0, 0.1) is 0 Å². The topological polar surface area (TPSA) is 38.8 Å². The van der Waals surface area contributed by atoms with Crippen molar-refractivity contribution in [2.45, 2.75) is 31.2 Å². The lowest BCUT2D eigenvalue weighted by atomic mass is 10.2. The first-order chi connectivity index (χ1) is 7.15. The third-order valence-corrected chi connectivity index (χ3v) is 3.18. The molecule has 1 aliphatic heterocycles. The number of esters is 1. The number of ether oxygens (including phenoxy) is 2. The summed E-state index contributed by atoms with van der Waals surface area (Å²) in [6.07, 6.45) is 2.01. The maximum atomic E-state index is 11.7. The van der Waals surface area contributed by atoms with E-state index in [2.05, 4.69) is 0 Å². The van der Waals surface area contributed by atoms with Crippen molar-refractivity contribution in [3.05, 3.63) is 35.9 Å². The van der Waals surface area contributed by atoms with Crippen LogP contribution in [0.5, 0.6) is 0 Å². The van der Waals surface area contributed by atoms with Crippen molar-refractivity contribution in [2.24, 2.45) is 0 Å². The van der Waals surface area contributed by atoms with E-state index in [-0.39, 0.29) is 11.6 Å². The number of benzene rings is 1. The second kappa shape index (κ2) is 2.61. The normalized spacial score (nSPS) is 29.9. The summed E-state index contributed by atoms with van der Waals surface area (Å²) in [6.45, 7) is 1.83. The highest BCUT2D eigenvalue weighted by Gasteiger charge is 2.78. The minimum absolute atomic E-state index is 0.128. The molecular weight excluding hydrogens is 192 g/mol. The second-order valence-corrected chi connectivity index (χ2v) is 4.30. The van der Waals surface area contributed by atoms with Gasteiger partial charge in [-0.25, -0.2) is 4.79 Å². The molecule has 1 aromatic rings. The number of carbonyl (C=O) groups is 1. The summed E-state index contributed by atoms with van der Waals surface area (Å²) in [5.41, 5.74) is 0.447. The Morgan fingerprint density at radius 2 is 2.00 bits per heavy atom. The number of rotatable bonds is 2. The monoisotopic (exact) mass is 204 g/mol. The predicted molar refractivity (Wildman–Crippen MR) is 53.3 cm³/mol. The van der Waals surface area contributed by atoms with Gasteiger partial charge in [-0.15, -0.1) is 0 Å². The van der Waals surface area contributed by atoms with Gasteiger partial charge in [0.05, 0.1) is 5.56 Å². The van der Waals surface area contributed by atoms with Crippen LogP contribution in [0.25, 0.3) is 0 Å². The molecule has 1 spiro atoms. The fourth-order valence-corrected chi connectivity index (χ4v) is 1.94. The van der Waals surface area contributed by atoms with E-state index < -0.39 is 5.79 Å². The Morgan fingerprint density at radius 3 is 2.53 bits per heavy atom. The highest BCUT2D eigenvalue weighted by molar-refractivity contribution is 5.89. The van der Waals surface area contributed by atoms with E-state index in [1.165, 1.54) is 0 Å². The number of hydrogen-bond donors (Lipinski definition) is 0. The molecule has 0 bridgehead atoms. The maximum Gasteiger partial charge on any atom is 0.340 e. The molecule has 0 radical (unpaired) electrons. The molecule has 3 heteroatoms. The zero-order valence-corrected chi connectivity index (χ0v) is 8.53. The molecule has 78 valence electrons. The fourth-order valence-electron chi connectivity index (χ4n) is 1.94. The summed E-state index contributed by atoms with van der Waals surface area (Å²) >= 11 is 0. The van der Waals surface area contributed by atoms with Gasteiger partial charge < -0.3 is 9.47 Å². The molecule has 1 heterocycles. The summed E-state index contributed by atoms with van der Waals surface area (Å²) in [7, 11) is 0. The van der Waals surface area contributed by atoms with E-state index in [9.17, 15) is 4.79 Å². The molecule has 1 aliphatic carbocycles. The molecule has 3 rings (SSSR count). The van der Waals surface area contributed by atoms with Gasteiger partial charge in [0.25, 0.3) is 0 Å².